The van der Waals surface area contributed by atoms with E-state index in [0.29, 0.717) is 0 Å². The van der Waals surface area contributed by atoms with E-state index in [1.165, 1.54) is 44.1 Å². The lowest BCUT2D eigenvalue weighted by Crippen LogP contribution is -2.40. The smallest absolute Gasteiger partial charge is 0.0208 e. The Morgan fingerprint density at radius 2 is 1.90 bits per heavy atom. The topological polar surface area (TPSA) is 12.0 Å². The van der Waals surface area contributed by atoms with Crippen molar-refractivity contribution >= 4 is 0 Å². The minimum Gasteiger partial charge on any atom is -0.310 e. The summed E-state index contributed by atoms with van der Waals surface area (Å²) in [7, 11) is 0. The molecule has 1 N–H and O–H groups in total. The molecule has 3 rings (SSSR count). The number of hydrogen-bond donors (Lipinski definition) is 1. The van der Waals surface area contributed by atoms with Crippen LogP contribution in [0.1, 0.15) is 69.4 Å². The van der Waals surface area contributed by atoms with Gasteiger partial charge in [0.25, 0.3) is 0 Å². The zero-order valence-electron chi connectivity index (χ0n) is 13.1. The second-order valence-electron chi connectivity index (χ2n) is 7.20. The third-order valence-electron chi connectivity index (χ3n) is 5.24. The predicted molar refractivity (Wildman–Crippen MR) is 85.8 cm³/mol. The van der Waals surface area contributed by atoms with Gasteiger partial charge in [-0.05, 0) is 54.6 Å². The standard InChI is InChI=1S/C19H29N/c1-14(2)18-8-3-4-9-19(18)20-13-15-6-5-7-17(12-15)16-10-11-16/h5-7,12,14,16,18-20H,3-4,8-11,13H2,1-2H3. The zero-order valence-corrected chi connectivity index (χ0v) is 13.1. The summed E-state index contributed by atoms with van der Waals surface area (Å²) in [6.45, 7) is 5.82. The maximum absolute atomic E-state index is 3.86. The van der Waals surface area contributed by atoms with Gasteiger partial charge < -0.3 is 5.32 Å². The third-order valence-corrected chi connectivity index (χ3v) is 5.24. The number of nitrogens with one attached hydrogen (secondary N) is 1. The molecule has 0 bridgehead atoms. The fourth-order valence-electron chi connectivity index (χ4n) is 3.83. The van der Waals surface area contributed by atoms with Crippen LogP contribution in [-0.4, -0.2) is 6.04 Å². The van der Waals surface area contributed by atoms with E-state index in [2.05, 4.69) is 43.4 Å². The van der Waals surface area contributed by atoms with Crippen LogP contribution in [0.15, 0.2) is 24.3 Å². The minimum atomic E-state index is 0.730. The molecule has 2 saturated carbocycles. The Morgan fingerprint density at radius 1 is 1.10 bits per heavy atom. The van der Waals surface area contributed by atoms with Gasteiger partial charge >= 0.3 is 0 Å². The van der Waals surface area contributed by atoms with Crippen LogP contribution in [0.2, 0.25) is 0 Å². The fraction of sp³-hybridized carbons (Fsp3) is 0.684. The molecule has 0 aromatic heterocycles. The molecule has 1 aromatic rings. The zero-order chi connectivity index (χ0) is 13.9. The molecule has 0 aliphatic heterocycles. The molecule has 2 aliphatic rings. The molecule has 2 fully saturated rings. The van der Waals surface area contributed by atoms with Crippen LogP contribution in [0.4, 0.5) is 0 Å². The van der Waals surface area contributed by atoms with Crippen molar-refractivity contribution in [3.8, 4) is 0 Å². The first-order valence-electron chi connectivity index (χ1n) is 8.56. The van der Waals surface area contributed by atoms with Crippen molar-refractivity contribution in [2.75, 3.05) is 0 Å². The Kier molecular flexibility index (Phi) is 4.45. The van der Waals surface area contributed by atoms with E-state index in [4.69, 9.17) is 0 Å². The Hall–Kier alpha value is -0.820. The second kappa shape index (κ2) is 6.30. The highest BCUT2D eigenvalue weighted by Crippen LogP contribution is 2.40. The van der Waals surface area contributed by atoms with Gasteiger partial charge in [0, 0.05) is 12.6 Å². The summed E-state index contributed by atoms with van der Waals surface area (Å²) in [6, 6.07) is 9.99. The molecule has 2 aliphatic carbocycles. The van der Waals surface area contributed by atoms with Crippen LogP contribution >= 0.6 is 0 Å². The van der Waals surface area contributed by atoms with Gasteiger partial charge in [0.2, 0.25) is 0 Å². The molecule has 0 saturated heterocycles. The second-order valence-corrected chi connectivity index (χ2v) is 7.20. The third kappa shape index (κ3) is 3.44. The molecule has 1 heteroatoms. The monoisotopic (exact) mass is 271 g/mol. The molecule has 1 nitrogen and oxygen atoms in total. The molecule has 0 amide bonds. The normalized spacial score (nSPS) is 26.9. The molecule has 20 heavy (non-hydrogen) atoms. The van der Waals surface area contributed by atoms with E-state index < -0.39 is 0 Å². The summed E-state index contributed by atoms with van der Waals surface area (Å²) >= 11 is 0. The van der Waals surface area contributed by atoms with E-state index >= 15 is 0 Å². The highest BCUT2D eigenvalue weighted by atomic mass is 14.9. The molecule has 0 spiro atoms. The first-order valence-corrected chi connectivity index (χ1v) is 8.56. The fourth-order valence-corrected chi connectivity index (χ4v) is 3.83. The van der Waals surface area contributed by atoms with Gasteiger partial charge in [-0.1, -0.05) is 51.0 Å². The van der Waals surface area contributed by atoms with Crippen LogP contribution in [-0.2, 0) is 6.54 Å². The summed E-state index contributed by atoms with van der Waals surface area (Å²) in [4.78, 5) is 0. The van der Waals surface area contributed by atoms with Gasteiger partial charge in [-0.2, -0.15) is 0 Å². The highest BCUT2D eigenvalue weighted by molar-refractivity contribution is 5.29. The van der Waals surface area contributed by atoms with E-state index in [1.54, 1.807) is 5.56 Å². The average molecular weight is 271 g/mol. The van der Waals surface area contributed by atoms with E-state index in [0.717, 1.165) is 30.3 Å². The number of benzene rings is 1. The summed E-state index contributed by atoms with van der Waals surface area (Å²) in [6.07, 6.45) is 8.41. The summed E-state index contributed by atoms with van der Waals surface area (Å²) < 4.78 is 0. The van der Waals surface area contributed by atoms with Crippen molar-refractivity contribution in [2.45, 2.75) is 70.9 Å². The summed E-state index contributed by atoms with van der Waals surface area (Å²) in [5, 5.41) is 3.86. The van der Waals surface area contributed by atoms with Crippen LogP contribution in [0.25, 0.3) is 0 Å². The summed E-state index contributed by atoms with van der Waals surface area (Å²) in [5.74, 6) is 2.55. The molecule has 2 unspecified atom stereocenters. The number of rotatable bonds is 5. The Labute approximate surface area is 124 Å². The molecular weight excluding hydrogens is 242 g/mol. The average Bonchev–Trinajstić information content (AvgIpc) is 3.30. The summed E-state index contributed by atoms with van der Waals surface area (Å²) in [5.41, 5.74) is 3.04. The lowest BCUT2D eigenvalue weighted by molar-refractivity contribution is 0.204. The van der Waals surface area contributed by atoms with Crippen molar-refractivity contribution in [1.29, 1.82) is 0 Å². The Morgan fingerprint density at radius 3 is 2.65 bits per heavy atom. The van der Waals surface area contributed by atoms with Gasteiger partial charge in [0.15, 0.2) is 0 Å². The van der Waals surface area contributed by atoms with Gasteiger partial charge in [0.1, 0.15) is 0 Å². The SMILES string of the molecule is CC(C)C1CCCCC1NCc1cccc(C2CC2)c1. The molecule has 0 radical (unpaired) electrons. The molecule has 2 atom stereocenters. The Bertz CT molecular complexity index is 433. The van der Waals surface area contributed by atoms with E-state index in [-0.39, 0.29) is 0 Å². The molecule has 0 heterocycles. The lowest BCUT2D eigenvalue weighted by atomic mass is 9.78. The molecule has 110 valence electrons. The van der Waals surface area contributed by atoms with Crippen molar-refractivity contribution in [2.24, 2.45) is 11.8 Å². The number of hydrogen-bond acceptors (Lipinski definition) is 1. The quantitative estimate of drug-likeness (QED) is 0.805. The maximum Gasteiger partial charge on any atom is 0.0208 e. The van der Waals surface area contributed by atoms with Crippen molar-refractivity contribution < 1.29 is 0 Å². The highest BCUT2D eigenvalue weighted by Gasteiger charge is 2.27. The minimum absolute atomic E-state index is 0.730. The van der Waals surface area contributed by atoms with Crippen molar-refractivity contribution in [3.05, 3.63) is 35.4 Å². The van der Waals surface area contributed by atoms with Gasteiger partial charge in [-0.3, -0.25) is 0 Å². The lowest BCUT2D eigenvalue weighted by Gasteiger charge is -2.35. The first-order chi connectivity index (χ1) is 9.74. The van der Waals surface area contributed by atoms with Gasteiger partial charge in [-0.25, -0.2) is 0 Å². The van der Waals surface area contributed by atoms with Gasteiger partial charge in [-0.15, -0.1) is 0 Å². The van der Waals surface area contributed by atoms with Crippen molar-refractivity contribution in [3.63, 3.8) is 0 Å². The van der Waals surface area contributed by atoms with E-state index in [1.807, 2.05) is 0 Å². The largest absolute Gasteiger partial charge is 0.310 e. The van der Waals surface area contributed by atoms with Gasteiger partial charge in [0.05, 0.1) is 0 Å². The first kappa shape index (κ1) is 14.1. The van der Waals surface area contributed by atoms with Crippen LogP contribution < -0.4 is 5.32 Å². The molecule has 1 aromatic carbocycles. The predicted octanol–water partition coefficient (Wildman–Crippen LogP) is 4.87. The maximum atomic E-state index is 3.86. The Balaban J connectivity index is 1.58. The van der Waals surface area contributed by atoms with Crippen molar-refractivity contribution in [1.82, 2.24) is 5.32 Å². The van der Waals surface area contributed by atoms with E-state index in [9.17, 15) is 0 Å². The molecular formula is C19H29N. The van der Waals surface area contributed by atoms with Crippen LogP contribution in [0.5, 0.6) is 0 Å². The van der Waals surface area contributed by atoms with Crippen LogP contribution in [0.3, 0.4) is 0 Å². The van der Waals surface area contributed by atoms with Crippen LogP contribution in [0, 0.1) is 11.8 Å².